The number of aryl methyl sites for hydroxylation is 1. The maximum atomic E-state index is 12.0. The Bertz CT molecular complexity index is 1400. The molecule has 0 bridgehead atoms. The lowest BCUT2D eigenvalue weighted by molar-refractivity contribution is -0.114. The number of nitrogens with one attached hydrogen (secondary N) is 2. The summed E-state index contributed by atoms with van der Waals surface area (Å²) in [5, 5.41) is 4.43. The number of nitrogens with zero attached hydrogens (tertiary/aromatic N) is 2. The molecule has 1 aliphatic rings. The molecule has 8 heteroatoms. The number of hydrogen-bond donors (Lipinski definition) is 3. The quantitative estimate of drug-likeness (QED) is 0.381. The number of anilines is 3. The van der Waals surface area contributed by atoms with Crippen LogP contribution >= 0.6 is 0 Å². The topological polar surface area (TPSA) is 108 Å². The molecule has 0 atom stereocenters. The Hall–Kier alpha value is -3.78. The lowest BCUT2D eigenvalue weighted by Gasteiger charge is -2.36. The number of carbonyl (C=O) groups excluding carboxylic acids is 1. The number of hydrogen-bond acceptors (Lipinski definition) is 6. The van der Waals surface area contributed by atoms with Crippen LogP contribution < -0.4 is 21.6 Å². The Kier molecular flexibility index (Phi) is 5.98. The maximum Gasteiger partial charge on any atom is 0.360 e. The summed E-state index contributed by atoms with van der Waals surface area (Å²) in [4.78, 5) is 31.4. The van der Waals surface area contributed by atoms with E-state index in [1.807, 2.05) is 24.4 Å². The SMILES string of the molecule is CC(=O)Nc1cc2cc(N3CCN(CCCc4ccc5[nH]cc(N)c5c4)CC3)ccc2oc1=O. The third-order valence-electron chi connectivity index (χ3n) is 6.48. The second-order valence-corrected chi connectivity index (χ2v) is 8.91. The molecule has 0 radical (unpaired) electrons. The number of H-pyrrole nitrogens is 1. The van der Waals surface area contributed by atoms with E-state index in [2.05, 4.69) is 38.3 Å². The molecule has 4 N–H and O–H groups in total. The zero-order valence-corrected chi connectivity index (χ0v) is 19.3. The van der Waals surface area contributed by atoms with Crippen molar-refractivity contribution in [3.8, 4) is 0 Å². The number of piperazine rings is 1. The summed E-state index contributed by atoms with van der Waals surface area (Å²) in [6, 6.07) is 14.0. The smallest absolute Gasteiger partial charge is 0.360 e. The number of rotatable bonds is 6. The van der Waals surface area contributed by atoms with Crippen molar-refractivity contribution in [2.24, 2.45) is 0 Å². The predicted octanol–water partition coefficient (Wildman–Crippen LogP) is 3.57. The second-order valence-electron chi connectivity index (χ2n) is 8.91. The van der Waals surface area contributed by atoms with Gasteiger partial charge >= 0.3 is 5.63 Å². The van der Waals surface area contributed by atoms with Crippen LogP contribution in [0, 0.1) is 0 Å². The van der Waals surface area contributed by atoms with E-state index in [9.17, 15) is 9.59 Å². The van der Waals surface area contributed by atoms with Gasteiger partial charge in [0.1, 0.15) is 11.3 Å². The minimum Gasteiger partial charge on any atom is -0.421 e. The monoisotopic (exact) mass is 459 g/mol. The molecule has 4 aromatic rings. The minimum absolute atomic E-state index is 0.167. The van der Waals surface area contributed by atoms with Gasteiger partial charge in [-0.1, -0.05) is 6.07 Å². The Morgan fingerprint density at radius 3 is 2.74 bits per heavy atom. The molecule has 1 aliphatic heterocycles. The van der Waals surface area contributed by atoms with Crippen LogP contribution in [0.1, 0.15) is 18.9 Å². The van der Waals surface area contributed by atoms with E-state index in [1.54, 1.807) is 6.07 Å². The first kappa shape index (κ1) is 22.0. The molecule has 5 rings (SSSR count). The van der Waals surface area contributed by atoms with Crippen molar-refractivity contribution in [1.82, 2.24) is 9.88 Å². The molecule has 8 nitrogen and oxygen atoms in total. The summed E-state index contributed by atoms with van der Waals surface area (Å²) in [5.74, 6) is -0.298. The lowest BCUT2D eigenvalue weighted by atomic mass is 10.1. The zero-order chi connectivity index (χ0) is 23.7. The molecule has 1 amide bonds. The summed E-state index contributed by atoms with van der Waals surface area (Å²) in [6.07, 6.45) is 3.99. The van der Waals surface area contributed by atoms with Crippen molar-refractivity contribution < 1.29 is 9.21 Å². The first-order chi connectivity index (χ1) is 16.5. The molecule has 1 fully saturated rings. The Morgan fingerprint density at radius 1 is 1.12 bits per heavy atom. The molecule has 0 aliphatic carbocycles. The van der Waals surface area contributed by atoms with E-state index in [4.69, 9.17) is 10.2 Å². The van der Waals surface area contributed by atoms with Crippen LogP contribution in [0.25, 0.3) is 21.9 Å². The molecule has 0 unspecified atom stereocenters. The van der Waals surface area contributed by atoms with Gasteiger partial charge in [0.2, 0.25) is 5.91 Å². The molecule has 0 saturated carbocycles. The van der Waals surface area contributed by atoms with Gasteiger partial charge in [-0.25, -0.2) is 4.79 Å². The normalized spacial score (nSPS) is 14.7. The first-order valence-electron chi connectivity index (χ1n) is 11.6. The molecule has 2 aromatic heterocycles. The average molecular weight is 460 g/mol. The Morgan fingerprint density at radius 2 is 1.94 bits per heavy atom. The average Bonchev–Trinajstić information content (AvgIpc) is 3.19. The largest absolute Gasteiger partial charge is 0.421 e. The summed E-state index contributed by atoms with van der Waals surface area (Å²) in [5.41, 5.74) is 10.5. The number of nitrogen functional groups attached to an aromatic ring is 1. The number of fused-ring (bicyclic) bond motifs is 2. The third-order valence-corrected chi connectivity index (χ3v) is 6.48. The van der Waals surface area contributed by atoms with Crippen molar-refractivity contribution in [2.45, 2.75) is 19.8 Å². The molecular weight excluding hydrogens is 430 g/mol. The van der Waals surface area contributed by atoms with Gasteiger partial charge in [-0.05, 0) is 61.3 Å². The number of aromatic nitrogens is 1. The van der Waals surface area contributed by atoms with Gasteiger partial charge in [0.25, 0.3) is 0 Å². The van der Waals surface area contributed by atoms with Crippen LogP contribution in [0.5, 0.6) is 0 Å². The highest BCUT2D eigenvalue weighted by atomic mass is 16.4. The van der Waals surface area contributed by atoms with Crippen LogP contribution in [0.2, 0.25) is 0 Å². The van der Waals surface area contributed by atoms with E-state index in [0.717, 1.165) is 73.2 Å². The van der Waals surface area contributed by atoms with Crippen LogP contribution in [-0.4, -0.2) is 48.5 Å². The fraction of sp³-hybridized carbons (Fsp3) is 0.308. The van der Waals surface area contributed by atoms with Gasteiger partial charge in [0.05, 0.1) is 5.69 Å². The number of carbonyl (C=O) groups is 1. The number of benzene rings is 2. The summed E-state index contributed by atoms with van der Waals surface area (Å²) >= 11 is 0. The molecular formula is C26H29N5O3. The summed E-state index contributed by atoms with van der Waals surface area (Å²) in [6.45, 7) is 6.32. The van der Waals surface area contributed by atoms with E-state index >= 15 is 0 Å². The fourth-order valence-electron chi connectivity index (χ4n) is 4.67. The van der Waals surface area contributed by atoms with Crippen molar-refractivity contribution in [1.29, 1.82) is 0 Å². The van der Waals surface area contributed by atoms with Crippen molar-refractivity contribution in [3.63, 3.8) is 0 Å². The molecule has 0 spiro atoms. The standard InChI is InChI=1S/C26H29N5O3/c1-17(32)29-24-15-19-14-20(5-7-25(19)34-26(24)33)31-11-9-30(10-12-31)8-2-3-18-4-6-23-21(13-18)22(27)16-28-23/h4-7,13-16,28H,2-3,8-12,27H2,1H3,(H,29,32). The molecule has 34 heavy (non-hydrogen) atoms. The minimum atomic E-state index is -0.541. The third kappa shape index (κ3) is 4.63. The van der Waals surface area contributed by atoms with Crippen molar-refractivity contribution >= 4 is 44.8 Å². The van der Waals surface area contributed by atoms with Crippen LogP contribution in [-0.2, 0) is 11.2 Å². The zero-order valence-electron chi connectivity index (χ0n) is 19.3. The van der Waals surface area contributed by atoms with E-state index < -0.39 is 5.63 Å². The van der Waals surface area contributed by atoms with Gasteiger partial charge in [-0.15, -0.1) is 0 Å². The Labute approximate surface area is 197 Å². The van der Waals surface area contributed by atoms with E-state index in [0.29, 0.717) is 5.58 Å². The predicted molar refractivity (Wildman–Crippen MR) is 136 cm³/mol. The first-order valence-corrected chi connectivity index (χ1v) is 11.6. The molecule has 3 heterocycles. The molecule has 2 aromatic carbocycles. The van der Waals surface area contributed by atoms with E-state index in [1.165, 1.54) is 12.5 Å². The summed E-state index contributed by atoms with van der Waals surface area (Å²) in [7, 11) is 0. The number of aromatic amines is 1. The number of nitrogens with two attached hydrogens (primary N) is 1. The van der Waals surface area contributed by atoms with Crippen molar-refractivity contribution in [2.75, 3.05) is 48.7 Å². The lowest BCUT2D eigenvalue weighted by Crippen LogP contribution is -2.46. The highest BCUT2D eigenvalue weighted by Gasteiger charge is 2.18. The second kappa shape index (κ2) is 9.23. The van der Waals surface area contributed by atoms with Gasteiger partial charge in [0.15, 0.2) is 0 Å². The highest BCUT2D eigenvalue weighted by molar-refractivity contribution is 5.92. The fourth-order valence-corrected chi connectivity index (χ4v) is 4.67. The number of amides is 1. The Balaban J connectivity index is 1.17. The van der Waals surface area contributed by atoms with Gasteiger partial charge < -0.3 is 25.4 Å². The van der Waals surface area contributed by atoms with Gasteiger partial charge in [0, 0.05) is 61.3 Å². The van der Waals surface area contributed by atoms with Crippen LogP contribution in [0.4, 0.5) is 17.1 Å². The maximum absolute atomic E-state index is 12.0. The van der Waals surface area contributed by atoms with Gasteiger partial charge in [-0.2, -0.15) is 0 Å². The van der Waals surface area contributed by atoms with Gasteiger partial charge in [-0.3, -0.25) is 9.69 Å². The van der Waals surface area contributed by atoms with E-state index in [-0.39, 0.29) is 11.6 Å². The summed E-state index contributed by atoms with van der Waals surface area (Å²) < 4.78 is 5.35. The highest BCUT2D eigenvalue weighted by Crippen LogP contribution is 2.25. The molecule has 176 valence electrons. The van der Waals surface area contributed by atoms with Crippen molar-refractivity contribution in [3.05, 3.63) is 64.6 Å². The van der Waals surface area contributed by atoms with Crippen LogP contribution in [0.3, 0.4) is 0 Å². The molecule has 1 saturated heterocycles. The van der Waals surface area contributed by atoms with Crippen LogP contribution in [0.15, 0.2) is 57.9 Å².